The number of halogens is 1. The highest BCUT2D eigenvalue weighted by molar-refractivity contribution is 7.89. The Kier molecular flexibility index (Phi) is 4.23. The third kappa shape index (κ3) is 4.57. The molecule has 7 heteroatoms. The highest BCUT2D eigenvalue weighted by Gasteiger charge is 2.10. The first-order valence-electron chi connectivity index (χ1n) is 5.89. The van der Waals surface area contributed by atoms with Gasteiger partial charge in [-0.2, -0.15) is 0 Å². The van der Waals surface area contributed by atoms with Crippen molar-refractivity contribution < 1.29 is 22.3 Å². The topological polar surface area (TPSA) is 72.5 Å². The van der Waals surface area contributed by atoms with E-state index in [-0.39, 0.29) is 11.4 Å². The zero-order valence-corrected chi connectivity index (χ0v) is 11.9. The van der Waals surface area contributed by atoms with Crippen molar-refractivity contribution >= 4 is 15.9 Å². The quantitative estimate of drug-likeness (QED) is 0.940. The predicted molar refractivity (Wildman–Crippen MR) is 75.2 cm³/mol. The summed E-state index contributed by atoms with van der Waals surface area (Å²) in [6.07, 6.45) is 0.900. The van der Waals surface area contributed by atoms with Gasteiger partial charge < -0.3 is 4.74 Å². The van der Waals surface area contributed by atoms with E-state index in [0.29, 0.717) is 11.5 Å². The van der Waals surface area contributed by atoms with Gasteiger partial charge in [-0.15, -0.1) is 0 Å². The van der Waals surface area contributed by atoms with Gasteiger partial charge in [0.25, 0.3) is 5.91 Å². The maximum Gasteiger partial charge on any atom is 0.264 e. The van der Waals surface area contributed by atoms with Gasteiger partial charge in [-0.25, -0.2) is 17.5 Å². The first-order valence-corrected chi connectivity index (χ1v) is 7.78. The molecule has 0 aliphatic heterocycles. The SMILES string of the molecule is CS(=O)(=O)NC(=O)c1ccc(Oc2ccc(F)cc2)cc1. The average molecular weight is 309 g/mol. The molecule has 0 saturated heterocycles. The summed E-state index contributed by atoms with van der Waals surface area (Å²) >= 11 is 0. The van der Waals surface area contributed by atoms with Crippen molar-refractivity contribution in [2.45, 2.75) is 0 Å². The van der Waals surface area contributed by atoms with E-state index >= 15 is 0 Å². The predicted octanol–water partition coefficient (Wildman–Crippen LogP) is 2.31. The normalized spacial score (nSPS) is 11.0. The highest BCUT2D eigenvalue weighted by atomic mass is 32.2. The molecule has 1 N–H and O–H groups in total. The van der Waals surface area contributed by atoms with E-state index in [4.69, 9.17) is 4.74 Å². The van der Waals surface area contributed by atoms with Gasteiger partial charge in [0, 0.05) is 5.56 Å². The molecule has 1 amide bonds. The summed E-state index contributed by atoms with van der Waals surface area (Å²) in [7, 11) is -3.60. The molecular weight excluding hydrogens is 297 g/mol. The van der Waals surface area contributed by atoms with Crippen molar-refractivity contribution in [2.24, 2.45) is 0 Å². The summed E-state index contributed by atoms with van der Waals surface area (Å²) < 4.78 is 42.0. The Morgan fingerprint density at radius 1 is 1.00 bits per heavy atom. The third-order valence-corrected chi connectivity index (χ3v) is 3.00. The lowest BCUT2D eigenvalue weighted by molar-refractivity contribution is 0.0981. The second-order valence-corrected chi connectivity index (χ2v) is 6.03. The monoisotopic (exact) mass is 309 g/mol. The Hall–Kier alpha value is -2.41. The number of nitrogens with one attached hydrogen (secondary N) is 1. The van der Waals surface area contributed by atoms with Gasteiger partial charge >= 0.3 is 0 Å². The lowest BCUT2D eigenvalue weighted by atomic mass is 10.2. The Morgan fingerprint density at radius 2 is 1.48 bits per heavy atom. The van der Waals surface area contributed by atoms with E-state index in [1.165, 1.54) is 48.5 Å². The molecule has 0 saturated carbocycles. The van der Waals surface area contributed by atoms with E-state index in [2.05, 4.69) is 0 Å². The number of sulfonamides is 1. The van der Waals surface area contributed by atoms with Crippen LogP contribution in [0.5, 0.6) is 11.5 Å². The van der Waals surface area contributed by atoms with Gasteiger partial charge in [0.1, 0.15) is 17.3 Å². The zero-order chi connectivity index (χ0) is 15.5. The van der Waals surface area contributed by atoms with Crippen LogP contribution in [0.15, 0.2) is 48.5 Å². The largest absolute Gasteiger partial charge is 0.457 e. The first-order chi connectivity index (χ1) is 9.83. The molecule has 21 heavy (non-hydrogen) atoms. The minimum atomic E-state index is -3.60. The molecule has 0 spiro atoms. The smallest absolute Gasteiger partial charge is 0.264 e. The van der Waals surface area contributed by atoms with Crippen LogP contribution >= 0.6 is 0 Å². The van der Waals surface area contributed by atoms with Crippen LogP contribution in [0.2, 0.25) is 0 Å². The number of hydrogen-bond acceptors (Lipinski definition) is 4. The van der Waals surface area contributed by atoms with Crippen LogP contribution in [0.25, 0.3) is 0 Å². The molecule has 0 atom stereocenters. The van der Waals surface area contributed by atoms with Gasteiger partial charge in [0.05, 0.1) is 6.26 Å². The minimum absolute atomic E-state index is 0.187. The molecule has 2 rings (SSSR count). The molecule has 2 aromatic carbocycles. The Morgan fingerprint density at radius 3 is 1.95 bits per heavy atom. The fraction of sp³-hybridized carbons (Fsp3) is 0.0714. The molecular formula is C14H12FNO4S. The number of amides is 1. The molecule has 0 unspecified atom stereocenters. The summed E-state index contributed by atoms with van der Waals surface area (Å²) in [5.74, 6) is -0.191. The van der Waals surface area contributed by atoms with Crippen molar-refractivity contribution in [1.29, 1.82) is 0 Å². The zero-order valence-electron chi connectivity index (χ0n) is 11.0. The number of hydrogen-bond donors (Lipinski definition) is 1. The van der Waals surface area contributed by atoms with E-state index in [1.807, 2.05) is 4.72 Å². The highest BCUT2D eigenvalue weighted by Crippen LogP contribution is 2.21. The van der Waals surface area contributed by atoms with Crippen LogP contribution in [0.3, 0.4) is 0 Å². The molecule has 5 nitrogen and oxygen atoms in total. The van der Waals surface area contributed by atoms with Gasteiger partial charge in [-0.3, -0.25) is 4.79 Å². The maximum absolute atomic E-state index is 12.8. The molecule has 2 aromatic rings. The summed E-state index contributed by atoms with van der Waals surface area (Å²) in [6, 6.07) is 11.4. The standard InChI is InChI=1S/C14H12FNO4S/c1-21(18,19)16-14(17)10-2-6-12(7-3-10)20-13-8-4-11(15)5-9-13/h2-9H,1H3,(H,16,17). The average Bonchev–Trinajstić information content (AvgIpc) is 2.40. The second-order valence-electron chi connectivity index (χ2n) is 4.28. The number of rotatable bonds is 4. The third-order valence-electron chi connectivity index (χ3n) is 2.44. The van der Waals surface area contributed by atoms with Gasteiger partial charge in [0.15, 0.2) is 0 Å². The van der Waals surface area contributed by atoms with Gasteiger partial charge in [0.2, 0.25) is 10.0 Å². The summed E-state index contributed by atoms with van der Waals surface area (Å²) in [5, 5.41) is 0. The van der Waals surface area contributed by atoms with Crippen molar-refractivity contribution in [3.8, 4) is 11.5 Å². The summed E-state index contributed by atoms with van der Waals surface area (Å²) in [5.41, 5.74) is 0.187. The lowest BCUT2D eigenvalue weighted by Crippen LogP contribution is -2.29. The Balaban J connectivity index is 2.08. The summed E-state index contributed by atoms with van der Waals surface area (Å²) in [4.78, 5) is 11.6. The molecule has 0 heterocycles. The van der Waals surface area contributed by atoms with Crippen molar-refractivity contribution in [3.05, 3.63) is 59.9 Å². The fourth-order valence-corrected chi connectivity index (χ4v) is 2.00. The molecule has 0 aliphatic rings. The van der Waals surface area contributed by atoms with Crippen molar-refractivity contribution in [3.63, 3.8) is 0 Å². The van der Waals surface area contributed by atoms with E-state index in [1.54, 1.807) is 0 Å². The van der Waals surface area contributed by atoms with E-state index < -0.39 is 15.9 Å². The molecule has 0 radical (unpaired) electrons. The summed E-state index contributed by atoms with van der Waals surface area (Å²) in [6.45, 7) is 0. The van der Waals surface area contributed by atoms with Crippen LogP contribution in [0.1, 0.15) is 10.4 Å². The first kappa shape index (κ1) is 15.0. The molecule has 0 aromatic heterocycles. The number of ether oxygens (including phenoxy) is 1. The van der Waals surface area contributed by atoms with Crippen molar-refractivity contribution in [1.82, 2.24) is 4.72 Å². The number of benzene rings is 2. The van der Waals surface area contributed by atoms with Crippen LogP contribution in [-0.4, -0.2) is 20.6 Å². The van der Waals surface area contributed by atoms with Crippen molar-refractivity contribution in [2.75, 3.05) is 6.26 Å². The second kappa shape index (κ2) is 5.92. The maximum atomic E-state index is 12.8. The van der Waals surface area contributed by atoms with Gasteiger partial charge in [-0.05, 0) is 48.5 Å². The molecule has 110 valence electrons. The molecule has 0 bridgehead atoms. The molecule has 0 fully saturated rings. The van der Waals surface area contributed by atoms with Crippen LogP contribution in [-0.2, 0) is 10.0 Å². The fourth-order valence-electron chi connectivity index (χ4n) is 1.54. The van der Waals surface area contributed by atoms with E-state index in [0.717, 1.165) is 6.26 Å². The van der Waals surface area contributed by atoms with Crippen LogP contribution < -0.4 is 9.46 Å². The number of carbonyl (C=O) groups is 1. The Labute approximate surface area is 121 Å². The van der Waals surface area contributed by atoms with Crippen LogP contribution in [0, 0.1) is 5.82 Å². The molecule has 0 aliphatic carbocycles. The Bertz CT molecular complexity index is 740. The van der Waals surface area contributed by atoms with E-state index in [9.17, 15) is 17.6 Å². The number of carbonyl (C=O) groups excluding carboxylic acids is 1. The van der Waals surface area contributed by atoms with Gasteiger partial charge in [-0.1, -0.05) is 0 Å². The lowest BCUT2D eigenvalue weighted by Gasteiger charge is -2.07. The van der Waals surface area contributed by atoms with Crippen LogP contribution in [0.4, 0.5) is 4.39 Å². The minimum Gasteiger partial charge on any atom is -0.457 e.